The van der Waals surface area contributed by atoms with Gasteiger partial charge in [0.2, 0.25) is 0 Å². The number of hydrogen-bond acceptors (Lipinski definition) is 4. The maximum absolute atomic E-state index is 11.9. The van der Waals surface area contributed by atoms with Gasteiger partial charge in [-0.25, -0.2) is 0 Å². The molecule has 1 fully saturated rings. The lowest BCUT2D eigenvalue weighted by Crippen LogP contribution is -2.43. The summed E-state index contributed by atoms with van der Waals surface area (Å²) in [6, 6.07) is 7.71. The predicted molar refractivity (Wildman–Crippen MR) is 92.7 cm³/mol. The number of nitrogens with one attached hydrogen (secondary N) is 2. The van der Waals surface area contributed by atoms with E-state index in [1.54, 1.807) is 12.1 Å². The Morgan fingerprint density at radius 3 is 2.52 bits per heavy atom. The summed E-state index contributed by atoms with van der Waals surface area (Å²) in [6.45, 7) is 4.69. The number of amides is 2. The van der Waals surface area contributed by atoms with E-state index in [-0.39, 0.29) is 0 Å². The van der Waals surface area contributed by atoms with Crippen molar-refractivity contribution in [3.63, 3.8) is 0 Å². The Labute approximate surface area is 137 Å². The number of benzene rings is 1. The average Bonchev–Trinajstić information content (AvgIpc) is 3.00. The first-order valence-electron chi connectivity index (χ1n) is 8.12. The van der Waals surface area contributed by atoms with Crippen LogP contribution in [0.1, 0.15) is 19.8 Å². The van der Waals surface area contributed by atoms with E-state index >= 15 is 0 Å². The number of likely N-dealkylation sites (N-methyl/N-ethyl adjacent to an activating group) is 1. The second-order valence-electron chi connectivity index (χ2n) is 6.03. The Morgan fingerprint density at radius 1 is 1.22 bits per heavy atom. The molecule has 1 aromatic rings. The molecule has 23 heavy (non-hydrogen) atoms. The van der Waals surface area contributed by atoms with Gasteiger partial charge in [-0.2, -0.15) is 0 Å². The van der Waals surface area contributed by atoms with Crippen LogP contribution in [0.4, 0.5) is 11.4 Å². The minimum Gasteiger partial charge on any atom is -0.378 e. The van der Waals surface area contributed by atoms with Gasteiger partial charge in [0.1, 0.15) is 0 Å². The Hall–Kier alpha value is -2.08. The molecule has 1 aliphatic rings. The molecule has 0 aliphatic carbocycles. The number of carbonyl (C=O) groups excluding carboxylic acids is 2. The molecule has 0 unspecified atom stereocenters. The van der Waals surface area contributed by atoms with Gasteiger partial charge in [0.25, 0.3) is 0 Å². The third-order valence-corrected chi connectivity index (χ3v) is 4.25. The minimum absolute atomic E-state index is 0.344. The molecule has 0 saturated carbocycles. The van der Waals surface area contributed by atoms with Crippen LogP contribution in [0.25, 0.3) is 0 Å². The molecule has 0 bridgehead atoms. The molecule has 0 radical (unpaired) electrons. The highest BCUT2D eigenvalue weighted by atomic mass is 16.2. The quantitative estimate of drug-likeness (QED) is 0.803. The number of carbonyl (C=O) groups is 2. The van der Waals surface area contributed by atoms with Crippen molar-refractivity contribution < 1.29 is 9.59 Å². The lowest BCUT2D eigenvalue weighted by molar-refractivity contribution is -0.136. The van der Waals surface area contributed by atoms with Crippen molar-refractivity contribution in [2.75, 3.05) is 43.9 Å². The van der Waals surface area contributed by atoms with Crippen LogP contribution in [-0.2, 0) is 9.59 Å². The fourth-order valence-electron chi connectivity index (χ4n) is 2.86. The van der Waals surface area contributed by atoms with E-state index in [4.69, 9.17) is 0 Å². The van der Waals surface area contributed by atoms with Gasteiger partial charge in [-0.3, -0.25) is 14.5 Å². The molecular formula is C17H26N4O2. The standard InChI is InChI=1S/C17H26N4O2/c1-4-21-11-5-6-15(21)12-18-16(22)17(23)19-13-7-9-14(10-8-13)20(2)3/h7-10,15H,4-6,11-12H2,1-3H3,(H,18,22)(H,19,23)/t15-/m0/s1. The Kier molecular flexibility index (Phi) is 5.98. The Morgan fingerprint density at radius 2 is 1.91 bits per heavy atom. The first kappa shape index (κ1) is 17.3. The zero-order valence-electron chi connectivity index (χ0n) is 14.1. The summed E-state index contributed by atoms with van der Waals surface area (Å²) in [5.41, 5.74) is 1.65. The highest BCUT2D eigenvalue weighted by Gasteiger charge is 2.24. The topological polar surface area (TPSA) is 64.7 Å². The van der Waals surface area contributed by atoms with Crippen molar-refractivity contribution in [2.45, 2.75) is 25.8 Å². The SMILES string of the molecule is CCN1CCC[C@H]1CNC(=O)C(=O)Nc1ccc(N(C)C)cc1. The molecule has 6 nitrogen and oxygen atoms in total. The Balaban J connectivity index is 1.81. The molecule has 0 aromatic heterocycles. The van der Waals surface area contributed by atoms with Crippen LogP contribution in [0.2, 0.25) is 0 Å². The molecule has 6 heteroatoms. The third kappa shape index (κ3) is 4.69. The van der Waals surface area contributed by atoms with Gasteiger partial charge in [0.15, 0.2) is 0 Å². The molecule has 126 valence electrons. The van der Waals surface area contributed by atoms with Gasteiger partial charge in [0.05, 0.1) is 0 Å². The molecule has 1 atom stereocenters. The molecule has 2 amide bonds. The zero-order chi connectivity index (χ0) is 16.8. The molecule has 1 saturated heterocycles. The Bertz CT molecular complexity index is 542. The van der Waals surface area contributed by atoms with Crippen LogP contribution in [0.15, 0.2) is 24.3 Å². The number of hydrogen-bond donors (Lipinski definition) is 2. The fraction of sp³-hybridized carbons (Fsp3) is 0.529. The van der Waals surface area contributed by atoms with Crippen molar-refractivity contribution >= 4 is 23.2 Å². The van der Waals surface area contributed by atoms with E-state index in [9.17, 15) is 9.59 Å². The first-order valence-corrected chi connectivity index (χ1v) is 8.12. The van der Waals surface area contributed by atoms with Crippen molar-refractivity contribution in [1.29, 1.82) is 0 Å². The number of anilines is 2. The zero-order valence-corrected chi connectivity index (χ0v) is 14.1. The summed E-state index contributed by atoms with van der Waals surface area (Å²) in [6.07, 6.45) is 2.22. The fourth-order valence-corrected chi connectivity index (χ4v) is 2.86. The highest BCUT2D eigenvalue weighted by Crippen LogP contribution is 2.16. The highest BCUT2D eigenvalue weighted by molar-refractivity contribution is 6.39. The first-order chi connectivity index (χ1) is 11.0. The van der Waals surface area contributed by atoms with Gasteiger partial charge < -0.3 is 15.5 Å². The van der Waals surface area contributed by atoms with Crippen molar-refractivity contribution in [2.24, 2.45) is 0 Å². The molecule has 1 heterocycles. The van der Waals surface area contributed by atoms with Crippen LogP contribution in [0.5, 0.6) is 0 Å². The molecule has 2 N–H and O–H groups in total. The summed E-state index contributed by atoms with van der Waals surface area (Å²) < 4.78 is 0. The van der Waals surface area contributed by atoms with E-state index in [0.29, 0.717) is 18.3 Å². The van der Waals surface area contributed by atoms with Crippen LogP contribution in [0, 0.1) is 0 Å². The summed E-state index contributed by atoms with van der Waals surface area (Å²) >= 11 is 0. The lowest BCUT2D eigenvalue weighted by atomic mass is 10.2. The van der Waals surface area contributed by atoms with Crippen molar-refractivity contribution in [3.8, 4) is 0 Å². The average molecular weight is 318 g/mol. The van der Waals surface area contributed by atoms with Crippen LogP contribution >= 0.6 is 0 Å². The second kappa shape index (κ2) is 7.97. The summed E-state index contributed by atoms with van der Waals surface area (Å²) in [5.74, 6) is -1.20. The van der Waals surface area contributed by atoms with E-state index in [0.717, 1.165) is 31.6 Å². The van der Waals surface area contributed by atoms with E-state index in [1.807, 2.05) is 31.1 Å². The third-order valence-electron chi connectivity index (χ3n) is 4.25. The number of likely N-dealkylation sites (tertiary alicyclic amines) is 1. The van der Waals surface area contributed by atoms with Crippen molar-refractivity contribution in [1.82, 2.24) is 10.2 Å². The molecule has 2 rings (SSSR count). The summed E-state index contributed by atoms with van der Waals surface area (Å²) in [7, 11) is 3.90. The van der Waals surface area contributed by atoms with Gasteiger partial charge in [-0.15, -0.1) is 0 Å². The van der Waals surface area contributed by atoms with Crippen LogP contribution < -0.4 is 15.5 Å². The van der Waals surface area contributed by atoms with Gasteiger partial charge in [-0.1, -0.05) is 6.92 Å². The molecule has 1 aliphatic heterocycles. The van der Waals surface area contributed by atoms with Gasteiger partial charge >= 0.3 is 11.8 Å². The number of rotatable bonds is 5. The van der Waals surface area contributed by atoms with E-state index in [1.165, 1.54) is 0 Å². The normalized spacial score (nSPS) is 17.8. The molecule has 1 aromatic carbocycles. The maximum atomic E-state index is 11.9. The predicted octanol–water partition coefficient (Wildman–Crippen LogP) is 1.29. The lowest BCUT2D eigenvalue weighted by Gasteiger charge is -2.22. The minimum atomic E-state index is -0.622. The van der Waals surface area contributed by atoms with E-state index < -0.39 is 11.8 Å². The largest absolute Gasteiger partial charge is 0.378 e. The second-order valence-corrected chi connectivity index (χ2v) is 6.03. The van der Waals surface area contributed by atoms with Crippen LogP contribution in [-0.4, -0.2) is 56.5 Å². The summed E-state index contributed by atoms with van der Waals surface area (Å²) in [4.78, 5) is 28.2. The van der Waals surface area contributed by atoms with Gasteiger partial charge in [0, 0.05) is 38.1 Å². The summed E-state index contributed by atoms with van der Waals surface area (Å²) in [5, 5.41) is 5.36. The van der Waals surface area contributed by atoms with E-state index in [2.05, 4.69) is 22.5 Å². The number of nitrogens with zero attached hydrogens (tertiary/aromatic N) is 2. The smallest absolute Gasteiger partial charge is 0.313 e. The van der Waals surface area contributed by atoms with Crippen molar-refractivity contribution in [3.05, 3.63) is 24.3 Å². The van der Waals surface area contributed by atoms with Gasteiger partial charge in [-0.05, 0) is 50.2 Å². The monoisotopic (exact) mass is 318 g/mol. The van der Waals surface area contributed by atoms with Crippen LogP contribution in [0.3, 0.4) is 0 Å². The maximum Gasteiger partial charge on any atom is 0.313 e. The molecular weight excluding hydrogens is 292 g/mol. The molecule has 0 spiro atoms.